The molecule has 0 spiro atoms. The van der Waals surface area contributed by atoms with E-state index in [9.17, 15) is 0 Å². The number of ether oxygens (including phenoxy) is 1. The van der Waals surface area contributed by atoms with Gasteiger partial charge < -0.3 is 15.0 Å². The maximum absolute atomic E-state index is 5.73. The topological polar surface area (TPSA) is 79.0 Å². The molecule has 0 atom stereocenters. The molecule has 2 N–H and O–H groups in total. The minimum absolute atomic E-state index is 0.410. The van der Waals surface area contributed by atoms with Crippen molar-refractivity contribution in [2.45, 2.75) is 39.3 Å². The molecule has 1 aliphatic rings. The molecule has 1 saturated heterocycles. The number of benzene rings is 1. The SMILES string of the molecule is CCOc1cc(CN2CCC(Nc3ncnc4[nH]cnc34)CC2)ccc1C. The van der Waals surface area contributed by atoms with E-state index in [1.165, 1.54) is 11.1 Å². The normalized spacial score (nSPS) is 15.9. The van der Waals surface area contributed by atoms with Gasteiger partial charge in [0.15, 0.2) is 11.5 Å². The Bertz CT molecular complexity index is 900. The van der Waals surface area contributed by atoms with Gasteiger partial charge in [0.25, 0.3) is 0 Å². The minimum atomic E-state index is 0.410. The molecule has 27 heavy (non-hydrogen) atoms. The molecule has 0 aliphatic carbocycles. The summed E-state index contributed by atoms with van der Waals surface area (Å²) in [7, 11) is 0. The zero-order valence-electron chi connectivity index (χ0n) is 15.9. The molecule has 2 aromatic heterocycles. The van der Waals surface area contributed by atoms with E-state index in [1.54, 1.807) is 12.7 Å². The molecule has 1 aromatic carbocycles. The summed E-state index contributed by atoms with van der Waals surface area (Å²) >= 11 is 0. The lowest BCUT2D eigenvalue weighted by Crippen LogP contribution is -2.38. The largest absolute Gasteiger partial charge is 0.494 e. The summed E-state index contributed by atoms with van der Waals surface area (Å²) in [5, 5.41) is 3.55. The number of nitrogens with one attached hydrogen (secondary N) is 2. The molecule has 3 heterocycles. The number of hydrogen-bond donors (Lipinski definition) is 2. The average Bonchev–Trinajstić information content (AvgIpc) is 3.16. The first kappa shape index (κ1) is 17.7. The van der Waals surface area contributed by atoms with Crippen molar-refractivity contribution in [2.75, 3.05) is 25.0 Å². The predicted molar refractivity (Wildman–Crippen MR) is 106 cm³/mol. The monoisotopic (exact) mass is 366 g/mol. The van der Waals surface area contributed by atoms with Crippen LogP contribution in [0.2, 0.25) is 0 Å². The highest BCUT2D eigenvalue weighted by molar-refractivity contribution is 5.82. The highest BCUT2D eigenvalue weighted by atomic mass is 16.5. The highest BCUT2D eigenvalue weighted by Crippen LogP contribution is 2.23. The summed E-state index contributed by atoms with van der Waals surface area (Å²) in [6.07, 6.45) is 5.40. The van der Waals surface area contributed by atoms with Crippen molar-refractivity contribution in [1.82, 2.24) is 24.8 Å². The van der Waals surface area contributed by atoms with Crippen molar-refractivity contribution >= 4 is 17.0 Å². The number of likely N-dealkylation sites (tertiary alicyclic amines) is 1. The van der Waals surface area contributed by atoms with E-state index in [2.05, 4.69) is 55.3 Å². The van der Waals surface area contributed by atoms with E-state index >= 15 is 0 Å². The summed E-state index contributed by atoms with van der Waals surface area (Å²) in [6, 6.07) is 6.95. The van der Waals surface area contributed by atoms with Gasteiger partial charge in [-0.05, 0) is 43.9 Å². The Morgan fingerprint density at radius 3 is 2.89 bits per heavy atom. The van der Waals surface area contributed by atoms with Gasteiger partial charge in [-0.25, -0.2) is 15.0 Å². The second-order valence-electron chi connectivity index (χ2n) is 7.05. The third-order valence-electron chi connectivity index (χ3n) is 5.10. The number of nitrogens with zero attached hydrogens (tertiary/aromatic N) is 4. The third kappa shape index (κ3) is 4.03. The Labute approximate surface area is 159 Å². The first-order valence-corrected chi connectivity index (χ1v) is 9.58. The molecule has 4 rings (SSSR count). The van der Waals surface area contributed by atoms with Crippen LogP contribution in [0.1, 0.15) is 30.9 Å². The molecule has 0 amide bonds. The Morgan fingerprint density at radius 2 is 2.07 bits per heavy atom. The molecular weight excluding hydrogens is 340 g/mol. The van der Waals surface area contributed by atoms with E-state index in [4.69, 9.17) is 4.74 Å². The molecule has 7 nitrogen and oxygen atoms in total. The zero-order chi connectivity index (χ0) is 18.6. The van der Waals surface area contributed by atoms with Crippen molar-refractivity contribution in [3.8, 4) is 5.75 Å². The van der Waals surface area contributed by atoms with Crippen LogP contribution in [-0.2, 0) is 6.54 Å². The number of aryl methyl sites for hydroxylation is 1. The van der Waals surface area contributed by atoms with Gasteiger partial charge in [0.05, 0.1) is 12.9 Å². The van der Waals surface area contributed by atoms with Gasteiger partial charge in [-0.3, -0.25) is 4.90 Å². The van der Waals surface area contributed by atoms with Crippen LogP contribution in [0.5, 0.6) is 5.75 Å². The van der Waals surface area contributed by atoms with E-state index in [0.717, 1.165) is 55.2 Å². The lowest BCUT2D eigenvalue weighted by atomic mass is 10.0. The number of H-pyrrole nitrogens is 1. The van der Waals surface area contributed by atoms with Crippen molar-refractivity contribution in [3.05, 3.63) is 42.0 Å². The predicted octanol–water partition coefficient (Wildman–Crippen LogP) is 3.14. The minimum Gasteiger partial charge on any atom is -0.494 e. The fraction of sp³-hybridized carbons (Fsp3) is 0.450. The van der Waals surface area contributed by atoms with Crippen LogP contribution >= 0.6 is 0 Å². The molecule has 0 radical (unpaired) electrons. The molecular formula is C20H26N6O. The van der Waals surface area contributed by atoms with Crippen LogP contribution in [-0.4, -0.2) is 50.6 Å². The smallest absolute Gasteiger partial charge is 0.162 e. The van der Waals surface area contributed by atoms with Gasteiger partial charge >= 0.3 is 0 Å². The molecule has 0 unspecified atom stereocenters. The summed E-state index contributed by atoms with van der Waals surface area (Å²) < 4.78 is 5.73. The van der Waals surface area contributed by atoms with Crippen LogP contribution in [0.25, 0.3) is 11.2 Å². The molecule has 0 saturated carbocycles. The van der Waals surface area contributed by atoms with Crippen LogP contribution in [0.15, 0.2) is 30.9 Å². The van der Waals surface area contributed by atoms with Gasteiger partial charge in [0.2, 0.25) is 0 Å². The number of piperidine rings is 1. The van der Waals surface area contributed by atoms with Gasteiger partial charge in [-0.2, -0.15) is 0 Å². The van der Waals surface area contributed by atoms with E-state index in [-0.39, 0.29) is 0 Å². The Kier molecular flexibility index (Phi) is 5.20. The Hall–Kier alpha value is -2.67. The first-order valence-electron chi connectivity index (χ1n) is 9.58. The van der Waals surface area contributed by atoms with E-state index in [1.807, 2.05) is 6.92 Å². The second-order valence-corrected chi connectivity index (χ2v) is 7.05. The number of imidazole rings is 1. The van der Waals surface area contributed by atoms with E-state index < -0.39 is 0 Å². The summed E-state index contributed by atoms with van der Waals surface area (Å²) in [5.74, 6) is 1.82. The van der Waals surface area contributed by atoms with E-state index in [0.29, 0.717) is 12.6 Å². The van der Waals surface area contributed by atoms with Crippen molar-refractivity contribution < 1.29 is 4.74 Å². The fourth-order valence-electron chi connectivity index (χ4n) is 3.61. The van der Waals surface area contributed by atoms with Crippen LogP contribution in [0, 0.1) is 6.92 Å². The van der Waals surface area contributed by atoms with Crippen molar-refractivity contribution in [2.24, 2.45) is 0 Å². The number of fused-ring (bicyclic) bond motifs is 1. The van der Waals surface area contributed by atoms with Crippen molar-refractivity contribution in [3.63, 3.8) is 0 Å². The van der Waals surface area contributed by atoms with Gasteiger partial charge in [-0.1, -0.05) is 12.1 Å². The lowest BCUT2D eigenvalue weighted by molar-refractivity contribution is 0.211. The fourth-order valence-corrected chi connectivity index (χ4v) is 3.61. The van der Waals surface area contributed by atoms with Crippen LogP contribution in [0.4, 0.5) is 5.82 Å². The number of anilines is 1. The maximum Gasteiger partial charge on any atom is 0.162 e. The first-order chi connectivity index (χ1) is 13.2. The van der Waals surface area contributed by atoms with Crippen LogP contribution < -0.4 is 10.1 Å². The number of rotatable bonds is 6. The maximum atomic E-state index is 5.73. The van der Waals surface area contributed by atoms with Crippen molar-refractivity contribution in [1.29, 1.82) is 0 Å². The lowest BCUT2D eigenvalue weighted by Gasteiger charge is -2.32. The number of aromatic nitrogens is 4. The second kappa shape index (κ2) is 7.92. The van der Waals surface area contributed by atoms with Gasteiger partial charge in [0, 0.05) is 25.7 Å². The number of aromatic amines is 1. The average molecular weight is 366 g/mol. The Morgan fingerprint density at radius 1 is 1.22 bits per heavy atom. The quantitative estimate of drug-likeness (QED) is 0.698. The standard InChI is InChI=1S/C20H26N6O/c1-3-27-17-10-15(5-4-14(17)2)11-26-8-6-16(7-9-26)25-20-18-19(22-12-21-18)23-13-24-20/h4-5,10,12-13,16H,3,6-9,11H2,1-2H3,(H2,21,22,23,24,25). The third-order valence-corrected chi connectivity index (χ3v) is 5.10. The Balaban J connectivity index is 1.34. The van der Waals surface area contributed by atoms with Gasteiger partial charge in [0.1, 0.15) is 17.6 Å². The highest BCUT2D eigenvalue weighted by Gasteiger charge is 2.21. The van der Waals surface area contributed by atoms with Crippen LogP contribution in [0.3, 0.4) is 0 Å². The summed E-state index contributed by atoms with van der Waals surface area (Å²) in [4.78, 5) is 18.4. The molecule has 3 aromatic rings. The molecule has 7 heteroatoms. The molecule has 0 bridgehead atoms. The zero-order valence-corrected chi connectivity index (χ0v) is 15.9. The van der Waals surface area contributed by atoms with Gasteiger partial charge in [-0.15, -0.1) is 0 Å². The summed E-state index contributed by atoms with van der Waals surface area (Å²) in [5.41, 5.74) is 4.08. The number of hydrogen-bond acceptors (Lipinski definition) is 6. The summed E-state index contributed by atoms with van der Waals surface area (Å²) in [6.45, 7) is 7.90. The molecule has 1 aliphatic heterocycles. The molecule has 1 fully saturated rings. The molecule has 142 valence electrons.